The Labute approximate surface area is 591 Å². The second-order valence-electron chi connectivity index (χ2n) is 24.6. The van der Waals surface area contributed by atoms with Gasteiger partial charge in [0.2, 0.25) is 10.7 Å². The Bertz CT molecular complexity index is 6410. The van der Waals surface area contributed by atoms with Crippen molar-refractivity contribution >= 4 is 144 Å². The van der Waals surface area contributed by atoms with Gasteiger partial charge in [-0.1, -0.05) is 273 Å². The number of hydrogen-bond acceptors (Lipinski definition) is 9. The van der Waals surface area contributed by atoms with Gasteiger partial charge in [-0.25, -0.2) is 19.9 Å². The molecule has 474 valence electrons. The molecule has 0 amide bonds. The summed E-state index contributed by atoms with van der Waals surface area (Å²) < 4.78 is 13.8. The van der Waals surface area contributed by atoms with Crippen LogP contribution in [-0.2, 0) is 0 Å². The van der Waals surface area contributed by atoms with Gasteiger partial charge in [0, 0.05) is 95.7 Å². The fraction of sp³-hybridized carbons (Fsp3) is 0.0227. The van der Waals surface area contributed by atoms with Gasteiger partial charge in [-0.2, -0.15) is 9.97 Å². The van der Waals surface area contributed by atoms with Gasteiger partial charge >= 0.3 is 0 Å². The highest BCUT2D eigenvalue weighted by Crippen LogP contribution is 2.51. The predicted octanol–water partition coefficient (Wildman–Crippen LogP) is 24.3. The standard InChI is InChI=1S/C44H28N4OS.C29H19NS.C15H10BrN3/c1-49-36-23-13-22-33-38-39-37(31-20-11-12-21-32(31)41(38)50-40(33)36)34-26-30(27-14-5-2-6-15-27)24-25-35(34)48(39)44-46-42(28-16-7-3-8-17-28)45-43(47-44)29-18-9-4-10-19-29;1-17-8-7-13-22-26-27-25(20-11-5-6-12-21(20)29(26)31-28(17)22)23-16-19(14-15-24(23)30-27)18-9-3-2-4-10-18;16-15-18-13(11-7-3-1-4-8-11)17-14(19-15)12-9-5-2-6-10-12/h2-26H,1H3;2-16,30H,1H3;1-10H. The van der Waals surface area contributed by atoms with Crippen LogP contribution in [0.25, 0.3) is 179 Å². The summed E-state index contributed by atoms with van der Waals surface area (Å²) >= 11 is 7.05. The summed E-state index contributed by atoms with van der Waals surface area (Å²) in [6.45, 7) is 2.22. The molecular formula is C88H57BrN8OS2. The zero-order valence-electron chi connectivity index (χ0n) is 54.1. The van der Waals surface area contributed by atoms with E-state index in [0.717, 1.165) is 65.5 Å². The van der Waals surface area contributed by atoms with E-state index in [-0.39, 0.29) is 0 Å². The van der Waals surface area contributed by atoms with Crippen molar-refractivity contribution < 1.29 is 4.74 Å². The van der Waals surface area contributed by atoms with Crippen LogP contribution >= 0.6 is 38.6 Å². The first-order valence-corrected chi connectivity index (χ1v) is 35.5. The molecule has 1 N–H and O–H groups in total. The maximum Gasteiger partial charge on any atom is 0.238 e. The van der Waals surface area contributed by atoms with E-state index >= 15 is 0 Å². The van der Waals surface area contributed by atoms with Crippen molar-refractivity contribution in [3.05, 3.63) is 314 Å². The molecule has 0 radical (unpaired) electrons. The second-order valence-corrected chi connectivity index (χ2v) is 27.4. The normalized spacial score (nSPS) is 11.6. The Morgan fingerprint density at radius 3 is 1.28 bits per heavy atom. The van der Waals surface area contributed by atoms with Crippen molar-refractivity contribution in [2.45, 2.75) is 6.92 Å². The quantitative estimate of drug-likeness (QED) is 0.161. The minimum atomic E-state index is 0.542. The highest BCUT2D eigenvalue weighted by Gasteiger charge is 2.26. The van der Waals surface area contributed by atoms with Gasteiger partial charge in [0.1, 0.15) is 5.75 Å². The van der Waals surface area contributed by atoms with Crippen LogP contribution in [0.1, 0.15) is 5.56 Å². The number of halogens is 1. The number of fused-ring (bicyclic) bond motifs is 20. The summed E-state index contributed by atoms with van der Waals surface area (Å²) in [5.41, 5.74) is 14.5. The van der Waals surface area contributed by atoms with Gasteiger partial charge in [-0.3, -0.25) is 4.57 Å². The third-order valence-electron chi connectivity index (χ3n) is 18.7. The van der Waals surface area contributed by atoms with Gasteiger partial charge in [-0.15, -0.1) is 22.7 Å². The Hall–Kier alpha value is -12.1. The minimum Gasteiger partial charge on any atom is -0.495 e. The van der Waals surface area contributed by atoms with Gasteiger partial charge in [0.05, 0.1) is 28.4 Å². The Morgan fingerprint density at radius 2 is 0.750 bits per heavy atom. The molecule has 0 saturated heterocycles. The molecule has 6 aromatic heterocycles. The van der Waals surface area contributed by atoms with E-state index in [0.29, 0.717) is 34.0 Å². The van der Waals surface area contributed by atoms with Crippen LogP contribution in [-0.4, -0.2) is 46.6 Å². The lowest BCUT2D eigenvalue weighted by Crippen LogP contribution is -2.06. The summed E-state index contributed by atoms with van der Waals surface area (Å²) in [7, 11) is 1.75. The maximum atomic E-state index is 5.92. The molecule has 0 saturated carbocycles. The van der Waals surface area contributed by atoms with E-state index in [1.807, 2.05) is 114 Å². The molecule has 100 heavy (non-hydrogen) atoms. The van der Waals surface area contributed by atoms with Gasteiger partial charge < -0.3 is 9.72 Å². The molecule has 0 aliphatic carbocycles. The third kappa shape index (κ3) is 10.6. The van der Waals surface area contributed by atoms with E-state index in [4.69, 9.17) is 19.7 Å². The fourth-order valence-corrected chi connectivity index (χ4v) is 17.1. The van der Waals surface area contributed by atoms with Crippen LogP contribution in [0.2, 0.25) is 0 Å². The Morgan fingerprint density at radius 1 is 0.330 bits per heavy atom. The average Bonchev–Trinajstić information content (AvgIpc) is 1.54. The van der Waals surface area contributed by atoms with Crippen molar-refractivity contribution in [1.82, 2.24) is 39.5 Å². The van der Waals surface area contributed by atoms with Crippen LogP contribution < -0.4 is 4.74 Å². The lowest BCUT2D eigenvalue weighted by molar-refractivity contribution is 0.420. The number of aromatic nitrogens is 8. The fourth-order valence-electron chi connectivity index (χ4n) is 14.1. The van der Waals surface area contributed by atoms with Gasteiger partial charge in [0.15, 0.2) is 23.3 Å². The summed E-state index contributed by atoms with van der Waals surface area (Å²) in [6.07, 6.45) is 0. The lowest BCUT2D eigenvalue weighted by atomic mass is 9.98. The maximum absolute atomic E-state index is 5.92. The number of benzene rings is 14. The smallest absolute Gasteiger partial charge is 0.238 e. The monoisotopic (exact) mass is 1380 g/mol. The number of aryl methyl sites for hydroxylation is 1. The molecule has 14 aromatic carbocycles. The number of thiophene rings is 2. The molecule has 9 nitrogen and oxygen atoms in total. The Kier molecular flexibility index (Phi) is 15.3. The average molecular weight is 1390 g/mol. The number of ether oxygens (including phenoxy) is 1. The largest absolute Gasteiger partial charge is 0.495 e. The zero-order chi connectivity index (χ0) is 66.8. The molecule has 12 heteroatoms. The molecule has 0 aliphatic heterocycles. The third-order valence-corrected chi connectivity index (χ3v) is 21.7. The molecule has 0 aliphatic rings. The zero-order valence-corrected chi connectivity index (χ0v) is 57.3. The molecule has 0 atom stereocenters. The van der Waals surface area contributed by atoms with Gasteiger partial charge in [-0.05, 0) is 91.8 Å². The number of nitrogens with zero attached hydrogens (tertiary/aromatic N) is 7. The van der Waals surface area contributed by atoms with Crippen molar-refractivity contribution in [2.24, 2.45) is 0 Å². The first-order chi connectivity index (χ1) is 49.4. The number of nitrogens with one attached hydrogen (secondary N) is 1. The van der Waals surface area contributed by atoms with Crippen molar-refractivity contribution in [3.63, 3.8) is 0 Å². The van der Waals surface area contributed by atoms with Crippen molar-refractivity contribution in [2.75, 3.05) is 7.11 Å². The molecule has 20 rings (SSSR count). The number of aromatic amines is 1. The van der Waals surface area contributed by atoms with Crippen LogP contribution in [0.4, 0.5) is 0 Å². The number of rotatable bonds is 8. The molecule has 20 aromatic rings. The highest BCUT2D eigenvalue weighted by atomic mass is 79.9. The summed E-state index contributed by atoms with van der Waals surface area (Å²) in [6, 6.07) is 105. The first kappa shape index (κ1) is 60.4. The van der Waals surface area contributed by atoms with Crippen LogP contribution in [0, 0.1) is 6.92 Å². The molecule has 0 unspecified atom stereocenters. The Balaban J connectivity index is 0.000000122. The highest BCUT2D eigenvalue weighted by molar-refractivity contribution is 9.10. The number of hydrogen-bond donors (Lipinski definition) is 1. The molecular weight excluding hydrogens is 1330 g/mol. The summed E-state index contributed by atoms with van der Waals surface area (Å²) in [4.78, 5) is 32.5. The number of methoxy groups -OCH3 is 1. The minimum absolute atomic E-state index is 0.542. The van der Waals surface area contributed by atoms with E-state index in [1.165, 1.54) is 95.9 Å². The van der Waals surface area contributed by atoms with E-state index < -0.39 is 0 Å². The van der Waals surface area contributed by atoms with E-state index in [1.54, 1.807) is 18.4 Å². The van der Waals surface area contributed by atoms with Crippen LogP contribution in [0.15, 0.2) is 308 Å². The second kappa shape index (κ2) is 25.4. The first-order valence-electron chi connectivity index (χ1n) is 33.1. The van der Waals surface area contributed by atoms with Crippen molar-refractivity contribution in [1.29, 1.82) is 0 Å². The SMILES string of the molecule is Brc1nc(-c2ccccc2)nc(-c2ccccc2)n1.COc1cccc2c1sc1c3ccccc3c3c4cc(-c5ccccc5)ccc4n(-c4nc(-c5ccccc5)nc(-c5ccccc5)n4)c3c21.Cc1cccc2c1sc1c3ccccc3c3c4cc(-c5ccccc5)ccc4[nH]c3c21. The molecule has 0 spiro atoms. The number of H-pyrrole nitrogens is 1. The van der Waals surface area contributed by atoms with E-state index in [9.17, 15) is 0 Å². The molecule has 6 heterocycles. The lowest BCUT2D eigenvalue weighted by Gasteiger charge is -2.12. The van der Waals surface area contributed by atoms with Crippen LogP contribution in [0.3, 0.4) is 0 Å². The topological polar surface area (TPSA) is 107 Å². The van der Waals surface area contributed by atoms with E-state index in [2.05, 4.69) is 248 Å². The predicted molar refractivity (Wildman–Crippen MR) is 422 cm³/mol. The van der Waals surface area contributed by atoms with Crippen molar-refractivity contribution in [3.8, 4) is 79.5 Å². The summed E-state index contributed by atoms with van der Waals surface area (Å²) in [5, 5.41) is 15.0. The van der Waals surface area contributed by atoms with Crippen LogP contribution in [0.5, 0.6) is 5.75 Å². The van der Waals surface area contributed by atoms with Gasteiger partial charge in [0.25, 0.3) is 0 Å². The molecule has 0 fully saturated rings. The molecule has 0 bridgehead atoms. The summed E-state index contributed by atoms with van der Waals surface area (Å²) in [5.74, 6) is 4.03.